The number of nitrogens with zero attached hydrogens (tertiary/aromatic N) is 1. The summed E-state index contributed by atoms with van der Waals surface area (Å²) in [5.74, 6) is 0.375. The monoisotopic (exact) mass is 384 g/mol. The highest BCUT2D eigenvalue weighted by molar-refractivity contribution is 9.10. The highest BCUT2D eigenvalue weighted by atomic mass is 79.9. The Labute approximate surface area is 127 Å². The summed E-state index contributed by atoms with van der Waals surface area (Å²) in [4.78, 5) is 12.2. The van der Waals surface area contributed by atoms with Crippen molar-refractivity contribution in [2.24, 2.45) is 0 Å². The van der Waals surface area contributed by atoms with E-state index in [0.29, 0.717) is 22.6 Å². The number of allylic oxidation sites excluding steroid dienone is 1. The Balaban J connectivity index is 2.22. The summed E-state index contributed by atoms with van der Waals surface area (Å²) >= 11 is 5.14. The summed E-state index contributed by atoms with van der Waals surface area (Å²) in [5, 5.41) is 0. The maximum atomic E-state index is 12.0. The molecule has 104 valence electrons. The number of halogens is 1. The molecule has 2 rings (SSSR count). The van der Waals surface area contributed by atoms with Crippen LogP contribution in [0.5, 0.6) is 0 Å². The lowest BCUT2D eigenvalue weighted by Crippen LogP contribution is -2.32. The lowest BCUT2D eigenvalue weighted by Gasteiger charge is -2.17. The summed E-state index contributed by atoms with van der Waals surface area (Å²) in [6.07, 6.45) is 1.37. The predicted octanol–water partition coefficient (Wildman–Crippen LogP) is 1.71. The zero-order chi connectivity index (χ0) is 14.0. The fourth-order valence-electron chi connectivity index (χ4n) is 1.34. The third-order valence-corrected chi connectivity index (χ3v) is 7.04. The van der Waals surface area contributed by atoms with E-state index in [4.69, 9.17) is 4.74 Å². The number of sulfonamides is 1. The van der Waals surface area contributed by atoms with Crippen molar-refractivity contribution in [1.82, 2.24) is 9.10 Å². The second-order valence-corrected chi connectivity index (χ2v) is 8.12. The topological polar surface area (TPSA) is 85.4 Å². The molecule has 0 spiro atoms. The molecule has 0 unspecified atom stereocenters. The minimum atomic E-state index is -3.91. The van der Waals surface area contributed by atoms with E-state index in [2.05, 4.69) is 20.3 Å². The van der Waals surface area contributed by atoms with E-state index in [-0.39, 0.29) is 9.11 Å². The van der Waals surface area contributed by atoms with Crippen molar-refractivity contribution in [1.29, 1.82) is 0 Å². The lowest BCUT2D eigenvalue weighted by molar-refractivity contribution is -0.115. The van der Waals surface area contributed by atoms with Gasteiger partial charge in [-0.05, 0) is 34.4 Å². The number of thioether (sulfide) groups is 1. The Kier molecular flexibility index (Phi) is 4.54. The Hall–Kier alpha value is -0.580. The molecule has 1 aliphatic rings. The highest BCUT2D eigenvalue weighted by Crippen LogP contribution is 2.28. The molecule has 0 aliphatic carbocycles. The minimum absolute atomic E-state index is 0.0270. The summed E-state index contributed by atoms with van der Waals surface area (Å²) in [5.41, 5.74) is 0. The van der Waals surface area contributed by atoms with Crippen LogP contribution in [0.3, 0.4) is 0 Å². The van der Waals surface area contributed by atoms with Gasteiger partial charge in [-0.15, -0.1) is 11.8 Å². The van der Waals surface area contributed by atoms with Crippen LogP contribution in [0, 0.1) is 0 Å². The van der Waals surface area contributed by atoms with E-state index >= 15 is 0 Å². The van der Waals surface area contributed by atoms with E-state index in [0.717, 1.165) is 11.5 Å². The maximum absolute atomic E-state index is 12.0. The van der Waals surface area contributed by atoms with Gasteiger partial charge in [0, 0.05) is 5.75 Å². The molecule has 0 aromatic carbocycles. The van der Waals surface area contributed by atoms with E-state index < -0.39 is 15.9 Å². The van der Waals surface area contributed by atoms with Crippen LogP contribution in [0.1, 0.15) is 6.92 Å². The summed E-state index contributed by atoms with van der Waals surface area (Å²) in [6, 6.07) is 0. The van der Waals surface area contributed by atoms with Gasteiger partial charge in [0.05, 0.1) is 17.3 Å². The second-order valence-electron chi connectivity index (χ2n) is 3.48. The molecule has 10 heteroatoms. The van der Waals surface area contributed by atoms with Crippen molar-refractivity contribution in [2.45, 2.75) is 11.1 Å². The molecular weight excluding hydrogens is 376 g/mol. The molecule has 0 fully saturated rings. The average molecular weight is 385 g/mol. The third-order valence-electron chi connectivity index (χ3n) is 2.14. The normalized spacial score (nSPS) is 16.1. The summed E-state index contributed by atoms with van der Waals surface area (Å²) in [7, 11) is -3.91. The van der Waals surface area contributed by atoms with Crippen LogP contribution in [0.4, 0.5) is 0 Å². The number of ether oxygens (including phenoxy) is 1. The number of carbonyl (C=O) groups is 1. The first-order chi connectivity index (χ1) is 8.92. The molecule has 1 aliphatic heterocycles. The second kappa shape index (κ2) is 5.81. The number of amides is 1. The molecule has 1 aromatic heterocycles. The average Bonchev–Trinajstić information content (AvgIpc) is 2.76. The van der Waals surface area contributed by atoms with Crippen molar-refractivity contribution < 1.29 is 17.9 Å². The molecular formula is C9H9BrN2O4S3. The number of hydrogen-bond donors (Lipinski definition) is 1. The van der Waals surface area contributed by atoms with E-state index in [1.54, 1.807) is 6.92 Å². The Morgan fingerprint density at radius 3 is 2.89 bits per heavy atom. The smallest absolute Gasteiger partial charge is 0.276 e. The van der Waals surface area contributed by atoms with Gasteiger partial charge in [0.15, 0.2) is 4.21 Å². The van der Waals surface area contributed by atoms with Crippen LogP contribution in [-0.4, -0.2) is 31.1 Å². The van der Waals surface area contributed by atoms with Crippen LogP contribution in [-0.2, 0) is 19.6 Å². The highest BCUT2D eigenvalue weighted by Gasteiger charge is 2.27. The van der Waals surface area contributed by atoms with Gasteiger partial charge in [-0.2, -0.15) is 4.37 Å². The molecule has 0 bridgehead atoms. The first-order valence-electron chi connectivity index (χ1n) is 5.05. The molecule has 2 heterocycles. The number of rotatable bonds is 3. The quantitative estimate of drug-likeness (QED) is 0.853. The van der Waals surface area contributed by atoms with Gasteiger partial charge in [0.2, 0.25) is 0 Å². The molecule has 1 N–H and O–H groups in total. The van der Waals surface area contributed by atoms with Crippen molar-refractivity contribution in [3.05, 3.63) is 21.3 Å². The van der Waals surface area contributed by atoms with Crippen LogP contribution in [0.15, 0.2) is 25.5 Å². The van der Waals surface area contributed by atoms with Gasteiger partial charge in [0.25, 0.3) is 15.9 Å². The van der Waals surface area contributed by atoms with Crippen molar-refractivity contribution in [2.75, 3.05) is 12.4 Å². The van der Waals surface area contributed by atoms with E-state index in [1.165, 1.54) is 18.0 Å². The molecule has 19 heavy (non-hydrogen) atoms. The van der Waals surface area contributed by atoms with Crippen LogP contribution in [0.25, 0.3) is 0 Å². The van der Waals surface area contributed by atoms with Gasteiger partial charge in [0.1, 0.15) is 10.7 Å². The van der Waals surface area contributed by atoms with E-state index in [9.17, 15) is 13.2 Å². The standard InChI is InChI=1S/C9H9BrN2O4S3/c1-5-7(17-3-2-16-5)8(13)12-19(14,15)9-6(10)4-11-18-9/h4H,2-3H2,1H3,(H,12,13). The molecule has 0 radical (unpaired) electrons. The molecule has 0 atom stereocenters. The van der Waals surface area contributed by atoms with Gasteiger partial charge in [-0.25, -0.2) is 13.1 Å². The fourth-order valence-corrected chi connectivity index (χ4v) is 5.10. The van der Waals surface area contributed by atoms with Gasteiger partial charge in [-0.3, -0.25) is 4.79 Å². The summed E-state index contributed by atoms with van der Waals surface area (Å²) < 4.78 is 35.3. The Morgan fingerprint density at radius 2 is 2.32 bits per heavy atom. The molecule has 0 saturated heterocycles. The maximum Gasteiger partial charge on any atom is 0.276 e. The first-order valence-corrected chi connectivity index (χ1v) is 9.09. The number of aromatic nitrogens is 1. The minimum Gasteiger partial charge on any atom is -0.496 e. The number of carbonyl (C=O) groups excluding carboxylic acids is 1. The van der Waals surface area contributed by atoms with Crippen molar-refractivity contribution in [3.63, 3.8) is 0 Å². The van der Waals surface area contributed by atoms with Crippen LogP contribution < -0.4 is 4.72 Å². The van der Waals surface area contributed by atoms with Gasteiger partial charge in [-0.1, -0.05) is 0 Å². The number of nitrogens with one attached hydrogen (secondary N) is 1. The zero-order valence-corrected chi connectivity index (χ0v) is 13.7. The molecule has 0 saturated carbocycles. The van der Waals surface area contributed by atoms with Crippen molar-refractivity contribution in [3.8, 4) is 0 Å². The van der Waals surface area contributed by atoms with Crippen molar-refractivity contribution >= 4 is 55.2 Å². The molecule has 1 aromatic rings. The first kappa shape index (κ1) is 14.8. The van der Waals surface area contributed by atoms with Gasteiger partial charge >= 0.3 is 0 Å². The SMILES string of the molecule is CC1=C(C(=O)NS(=O)(=O)c2sncc2Br)SCCO1. The lowest BCUT2D eigenvalue weighted by atomic mass is 10.4. The Morgan fingerprint density at radius 1 is 1.58 bits per heavy atom. The van der Waals surface area contributed by atoms with Crippen LogP contribution in [0.2, 0.25) is 0 Å². The molecule has 6 nitrogen and oxygen atoms in total. The predicted molar refractivity (Wildman–Crippen MR) is 76.3 cm³/mol. The Bertz CT molecular complexity index is 638. The van der Waals surface area contributed by atoms with Gasteiger partial charge < -0.3 is 4.74 Å². The largest absolute Gasteiger partial charge is 0.496 e. The number of hydrogen-bond acceptors (Lipinski definition) is 7. The molecule has 1 amide bonds. The fraction of sp³-hybridized carbons (Fsp3) is 0.333. The van der Waals surface area contributed by atoms with Crippen LogP contribution >= 0.6 is 39.2 Å². The summed E-state index contributed by atoms with van der Waals surface area (Å²) in [6.45, 7) is 2.15. The van der Waals surface area contributed by atoms with E-state index in [1.807, 2.05) is 4.72 Å². The third kappa shape index (κ3) is 3.30. The zero-order valence-electron chi connectivity index (χ0n) is 9.67.